The maximum absolute atomic E-state index is 3.82. The predicted molar refractivity (Wildman–Crippen MR) is 66.6 cm³/mol. The molecule has 0 aromatic rings. The van der Waals surface area contributed by atoms with Gasteiger partial charge >= 0.3 is 0 Å². The van der Waals surface area contributed by atoms with Gasteiger partial charge in [-0.2, -0.15) is 0 Å². The van der Waals surface area contributed by atoms with E-state index in [1.165, 1.54) is 58.5 Å². The molecule has 4 rings (SSSR count). The molecule has 0 amide bonds. The van der Waals surface area contributed by atoms with Crippen LogP contribution in [-0.4, -0.2) is 61.2 Å². The first-order valence-corrected chi connectivity index (χ1v) is 7.06. The fourth-order valence-electron chi connectivity index (χ4n) is 3.35. The van der Waals surface area contributed by atoms with E-state index < -0.39 is 0 Å². The summed E-state index contributed by atoms with van der Waals surface area (Å²) in [5.41, 5.74) is 0. The van der Waals surface area contributed by atoms with Gasteiger partial charge in [0, 0.05) is 51.4 Å². The van der Waals surface area contributed by atoms with Crippen molar-refractivity contribution in [3.63, 3.8) is 0 Å². The quantitative estimate of drug-likeness (QED) is 0.742. The van der Waals surface area contributed by atoms with Crippen molar-refractivity contribution in [2.45, 2.75) is 38.3 Å². The third kappa shape index (κ3) is 2.27. The van der Waals surface area contributed by atoms with Gasteiger partial charge in [-0.1, -0.05) is 6.92 Å². The minimum Gasteiger partial charge on any atom is -0.312 e. The molecule has 2 bridgehead atoms. The highest BCUT2D eigenvalue weighted by Gasteiger charge is 2.34. The Morgan fingerprint density at radius 2 is 1.94 bits per heavy atom. The van der Waals surface area contributed by atoms with Crippen LogP contribution >= 0.6 is 0 Å². The zero-order chi connectivity index (χ0) is 11.0. The number of hydrogen-bond acceptors (Lipinski definition) is 3. The van der Waals surface area contributed by atoms with Crippen LogP contribution in [0.4, 0.5) is 0 Å². The fourth-order valence-corrected chi connectivity index (χ4v) is 3.35. The Hall–Kier alpha value is -0.120. The van der Waals surface area contributed by atoms with Gasteiger partial charge in [0.15, 0.2) is 0 Å². The number of nitrogens with zero attached hydrogens (tertiary/aromatic N) is 2. The molecule has 1 aliphatic carbocycles. The molecule has 3 heteroatoms. The van der Waals surface area contributed by atoms with E-state index in [0.29, 0.717) is 0 Å². The largest absolute Gasteiger partial charge is 0.312 e. The van der Waals surface area contributed by atoms with Gasteiger partial charge in [-0.05, 0) is 25.2 Å². The van der Waals surface area contributed by atoms with E-state index in [2.05, 4.69) is 22.0 Å². The minimum absolute atomic E-state index is 0.787. The van der Waals surface area contributed by atoms with Crippen LogP contribution < -0.4 is 5.32 Å². The van der Waals surface area contributed by atoms with E-state index in [1.807, 2.05) is 0 Å². The summed E-state index contributed by atoms with van der Waals surface area (Å²) in [5.74, 6) is 1.00. The SMILES string of the molecule is CCC(NCC1CN2CCN1CC2)C1CC1. The third-order valence-corrected chi connectivity index (χ3v) is 4.64. The number of fused-ring (bicyclic) bond motifs is 3. The Labute approximate surface area is 99.2 Å². The van der Waals surface area contributed by atoms with E-state index in [0.717, 1.165) is 18.0 Å². The maximum Gasteiger partial charge on any atom is 0.0349 e. The number of piperazine rings is 3. The highest BCUT2D eigenvalue weighted by molar-refractivity contribution is 4.92. The molecular weight excluding hydrogens is 198 g/mol. The number of nitrogens with one attached hydrogen (secondary N) is 1. The van der Waals surface area contributed by atoms with Gasteiger partial charge < -0.3 is 5.32 Å². The van der Waals surface area contributed by atoms with Gasteiger partial charge in [0.2, 0.25) is 0 Å². The van der Waals surface area contributed by atoms with Crippen molar-refractivity contribution in [2.24, 2.45) is 5.92 Å². The Balaban J connectivity index is 1.47. The van der Waals surface area contributed by atoms with Crippen LogP contribution in [0.15, 0.2) is 0 Å². The van der Waals surface area contributed by atoms with Gasteiger partial charge in [0.05, 0.1) is 0 Å². The summed E-state index contributed by atoms with van der Waals surface area (Å²) in [5, 5.41) is 3.82. The monoisotopic (exact) mass is 223 g/mol. The van der Waals surface area contributed by atoms with E-state index >= 15 is 0 Å². The first kappa shape index (κ1) is 11.0. The van der Waals surface area contributed by atoms with Crippen LogP contribution in [0.25, 0.3) is 0 Å². The van der Waals surface area contributed by atoms with Gasteiger partial charge in [0.1, 0.15) is 0 Å². The Kier molecular flexibility index (Phi) is 3.18. The molecule has 0 aromatic carbocycles. The minimum atomic E-state index is 0.787. The smallest absolute Gasteiger partial charge is 0.0349 e. The average Bonchev–Trinajstić information content (AvgIpc) is 3.16. The van der Waals surface area contributed by atoms with Crippen molar-refractivity contribution in [3.8, 4) is 0 Å². The summed E-state index contributed by atoms with van der Waals surface area (Å²) in [4.78, 5) is 5.32. The van der Waals surface area contributed by atoms with Crippen molar-refractivity contribution < 1.29 is 0 Å². The number of hydrogen-bond donors (Lipinski definition) is 1. The van der Waals surface area contributed by atoms with Crippen LogP contribution in [0.3, 0.4) is 0 Å². The van der Waals surface area contributed by atoms with Crippen LogP contribution in [-0.2, 0) is 0 Å². The zero-order valence-electron chi connectivity index (χ0n) is 10.5. The van der Waals surface area contributed by atoms with Crippen molar-refractivity contribution in [3.05, 3.63) is 0 Å². The second-order valence-electron chi connectivity index (χ2n) is 5.75. The molecule has 2 atom stereocenters. The Morgan fingerprint density at radius 3 is 2.44 bits per heavy atom. The molecule has 16 heavy (non-hydrogen) atoms. The summed E-state index contributed by atoms with van der Waals surface area (Å²) in [7, 11) is 0. The summed E-state index contributed by atoms with van der Waals surface area (Å²) in [6.45, 7) is 10.0. The molecule has 4 aliphatic rings. The molecule has 0 aromatic heterocycles. The lowest BCUT2D eigenvalue weighted by Crippen LogP contribution is -2.63. The van der Waals surface area contributed by atoms with Crippen molar-refractivity contribution >= 4 is 0 Å². The highest BCUT2D eigenvalue weighted by Crippen LogP contribution is 2.33. The van der Waals surface area contributed by atoms with Gasteiger partial charge in [-0.25, -0.2) is 0 Å². The topological polar surface area (TPSA) is 18.5 Å². The van der Waals surface area contributed by atoms with Gasteiger partial charge in [-0.3, -0.25) is 9.80 Å². The van der Waals surface area contributed by atoms with Crippen LogP contribution in [0, 0.1) is 5.92 Å². The van der Waals surface area contributed by atoms with Gasteiger partial charge in [0.25, 0.3) is 0 Å². The molecule has 1 N–H and O–H groups in total. The average molecular weight is 223 g/mol. The lowest BCUT2D eigenvalue weighted by atomic mass is 10.1. The second-order valence-corrected chi connectivity index (χ2v) is 5.75. The third-order valence-electron chi connectivity index (χ3n) is 4.64. The summed E-state index contributed by atoms with van der Waals surface area (Å²) >= 11 is 0. The molecule has 3 heterocycles. The molecule has 3 saturated heterocycles. The standard InChI is InChI=1S/C13H25N3/c1-2-13(11-3-4-11)14-9-12-10-15-5-7-16(12)8-6-15/h11-14H,2-10H2,1H3. The van der Waals surface area contributed by atoms with E-state index in [9.17, 15) is 0 Å². The zero-order valence-corrected chi connectivity index (χ0v) is 10.5. The lowest BCUT2D eigenvalue weighted by Gasteiger charge is -2.47. The summed E-state index contributed by atoms with van der Waals surface area (Å²) < 4.78 is 0. The van der Waals surface area contributed by atoms with E-state index in [1.54, 1.807) is 0 Å². The van der Waals surface area contributed by atoms with Crippen molar-refractivity contribution in [1.29, 1.82) is 0 Å². The molecule has 3 nitrogen and oxygen atoms in total. The second kappa shape index (κ2) is 4.63. The predicted octanol–water partition coefficient (Wildman–Crippen LogP) is 0.764. The van der Waals surface area contributed by atoms with E-state index in [4.69, 9.17) is 0 Å². The Bertz CT molecular complexity index is 231. The maximum atomic E-state index is 3.82. The molecule has 0 radical (unpaired) electrons. The fraction of sp³-hybridized carbons (Fsp3) is 1.00. The van der Waals surface area contributed by atoms with Crippen LogP contribution in [0.1, 0.15) is 26.2 Å². The van der Waals surface area contributed by atoms with Gasteiger partial charge in [-0.15, -0.1) is 0 Å². The van der Waals surface area contributed by atoms with E-state index in [-0.39, 0.29) is 0 Å². The first-order valence-electron chi connectivity index (χ1n) is 7.06. The normalized spacial score (nSPS) is 39.9. The molecule has 3 aliphatic heterocycles. The molecule has 92 valence electrons. The molecule has 2 unspecified atom stereocenters. The first-order chi connectivity index (χ1) is 7.86. The van der Waals surface area contributed by atoms with Crippen molar-refractivity contribution in [2.75, 3.05) is 39.3 Å². The lowest BCUT2D eigenvalue weighted by molar-refractivity contribution is 0.0124. The number of rotatable bonds is 5. The molecule has 1 saturated carbocycles. The molecule has 0 spiro atoms. The summed E-state index contributed by atoms with van der Waals surface area (Å²) in [6.07, 6.45) is 4.24. The van der Waals surface area contributed by atoms with Crippen LogP contribution in [0.5, 0.6) is 0 Å². The molecule has 4 fully saturated rings. The van der Waals surface area contributed by atoms with Crippen LogP contribution in [0.2, 0.25) is 0 Å². The Morgan fingerprint density at radius 1 is 1.19 bits per heavy atom. The molecular formula is C13H25N3. The highest BCUT2D eigenvalue weighted by atomic mass is 15.3. The summed E-state index contributed by atoms with van der Waals surface area (Å²) in [6, 6.07) is 1.59. The van der Waals surface area contributed by atoms with Crippen molar-refractivity contribution in [1.82, 2.24) is 15.1 Å².